The maximum Gasteiger partial charge on any atom is 0.0602 e. The number of allylic oxidation sites excluding steroid dienone is 3. The van der Waals surface area contributed by atoms with Crippen LogP contribution in [0.2, 0.25) is 0 Å². The largest absolute Gasteiger partial charge is 0.393 e. The number of fused-ring (bicyclic) bond motifs is 1. The van der Waals surface area contributed by atoms with Crippen LogP contribution >= 0.6 is 0 Å². The van der Waals surface area contributed by atoms with Gasteiger partial charge in [-0.3, -0.25) is 0 Å². The molecule has 160 valence electrons. The molecule has 3 heteroatoms. The summed E-state index contributed by atoms with van der Waals surface area (Å²) < 4.78 is 0. The van der Waals surface area contributed by atoms with E-state index in [1.165, 1.54) is 44.1 Å². The average molecular weight is 391 g/mol. The van der Waals surface area contributed by atoms with Crippen LogP contribution in [-0.2, 0) is 0 Å². The second-order valence-electron chi connectivity index (χ2n) is 10.4. The van der Waals surface area contributed by atoms with Gasteiger partial charge in [-0.2, -0.15) is 0 Å². The van der Waals surface area contributed by atoms with Gasteiger partial charge in [-0.15, -0.1) is 0 Å². The van der Waals surface area contributed by atoms with Crippen LogP contribution in [0, 0.1) is 23.2 Å². The summed E-state index contributed by atoms with van der Waals surface area (Å²) in [5.41, 5.74) is 3.22. The zero-order valence-electron chi connectivity index (χ0n) is 18.2. The van der Waals surface area contributed by atoms with Gasteiger partial charge in [-0.1, -0.05) is 50.0 Å². The standard InChI is InChI=1S/C25H42O3/c1-17(6-4-7-18(2)26)23-11-12-24-20(8-5-13-25(23,24)3)10-9-19-14-21(27)16-22(28)15-19/h9-10,17-18,21-24,26-28H,4-8,11-16H2,1-3H3/b20-10+/t17-,18-,21-,22-,23-,24+,25-/m1/s1. The van der Waals surface area contributed by atoms with Crippen molar-refractivity contribution in [3.63, 3.8) is 0 Å². The summed E-state index contributed by atoms with van der Waals surface area (Å²) in [6.07, 6.45) is 15.3. The minimum atomic E-state index is -0.386. The van der Waals surface area contributed by atoms with E-state index in [1.54, 1.807) is 5.57 Å². The van der Waals surface area contributed by atoms with Gasteiger partial charge in [-0.25, -0.2) is 0 Å². The van der Waals surface area contributed by atoms with Crippen molar-refractivity contribution in [2.45, 2.75) is 110 Å². The minimum Gasteiger partial charge on any atom is -0.393 e. The average Bonchev–Trinajstić information content (AvgIpc) is 2.96. The maximum atomic E-state index is 9.94. The number of hydrogen-bond acceptors (Lipinski definition) is 3. The Kier molecular flexibility index (Phi) is 7.44. The van der Waals surface area contributed by atoms with Crippen molar-refractivity contribution in [2.75, 3.05) is 0 Å². The van der Waals surface area contributed by atoms with Crippen molar-refractivity contribution in [2.24, 2.45) is 23.2 Å². The summed E-state index contributed by atoms with van der Waals surface area (Å²) >= 11 is 0. The fraction of sp³-hybridized carbons (Fsp3) is 0.840. The number of rotatable bonds is 6. The molecule has 0 aromatic heterocycles. The first-order valence-corrected chi connectivity index (χ1v) is 11.7. The highest BCUT2D eigenvalue weighted by Crippen LogP contribution is 2.59. The van der Waals surface area contributed by atoms with Crippen LogP contribution in [0.5, 0.6) is 0 Å². The third-order valence-electron chi connectivity index (χ3n) is 8.08. The van der Waals surface area contributed by atoms with Crippen molar-refractivity contribution < 1.29 is 15.3 Å². The molecule has 3 rings (SSSR count). The quantitative estimate of drug-likeness (QED) is 0.588. The van der Waals surface area contributed by atoms with E-state index in [4.69, 9.17) is 0 Å². The second-order valence-corrected chi connectivity index (χ2v) is 10.4. The van der Waals surface area contributed by atoms with Crippen molar-refractivity contribution in [1.82, 2.24) is 0 Å². The lowest BCUT2D eigenvalue weighted by Crippen LogP contribution is -2.36. The van der Waals surface area contributed by atoms with E-state index < -0.39 is 0 Å². The van der Waals surface area contributed by atoms with Gasteiger partial charge in [0.25, 0.3) is 0 Å². The SMILES string of the molecule is C[C@H](CCC[C@@H](C)O)[C@H]1CC[C@H]2/C(=C/C=C3C[C@@H](O)C[C@H](O)C3)CCC[C@]12C. The van der Waals surface area contributed by atoms with Crippen LogP contribution in [0.1, 0.15) is 91.4 Å². The second kappa shape index (κ2) is 9.45. The Morgan fingerprint density at radius 3 is 2.46 bits per heavy atom. The van der Waals surface area contributed by atoms with E-state index in [2.05, 4.69) is 26.0 Å². The molecule has 3 fully saturated rings. The van der Waals surface area contributed by atoms with Gasteiger partial charge in [0.1, 0.15) is 0 Å². The molecule has 0 radical (unpaired) electrons. The molecular formula is C25H42O3. The molecule has 0 aromatic rings. The molecule has 3 aliphatic carbocycles. The molecule has 0 amide bonds. The van der Waals surface area contributed by atoms with Crippen molar-refractivity contribution >= 4 is 0 Å². The Hall–Kier alpha value is -0.640. The molecule has 7 atom stereocenters. The van der Waals surface area contributed by atoms with Crippen LogP contribution in [0.4, 0.5) is 0 Å². The first-order chi connectivity index (χ1) is 13.3. The summed E-state index contributed by atoms with van der Waals surface area (Å²) in [7, 11) is 0. The summed E-state index contributed by atoms with van der Waals surface area (Å²) in [6, 6.07) is 0. The first-order valence-electron chi connectivity index (χ1n) is 11.7. The molecular weight excluding hydrogens is 348 g/mol. The third kappa shape index (κ3) is 5.09. The Bertz CT molecular complexity index is 566. The Balaban J connectivity index is 1.67. The lowest BCUT2D eigenvalue weighted by molar-refractivity contribution is 0.0609. The van der Waals surface area contributed by atoms with E-state index in [-0.39, 0.29) is 18.3 Å². The third-order valence-corrected chi connectivity index (χ3v) is 8.08. The van der Waals surface area contributed by atoms with Crippen LogP contribution in [-0.4, -0.2) is 33.6 Å². The Morgan fingerprint density at radius 1 is 1.07 bits per heavy atom. The van der Waals surface area contributed by atoms with E-state index in [0.717, 1.165) is 24.7 Å². The first kappa shape index (κ1) is 22.1. The monoisotopic (exact) mass is 390 g/mol. The molecule has 0 bridgehead atoms. The van der Waals surface area contributed by atoms with Gasteiger partial charge in [0, 0.05) is 0 Å². The molecule has 3 nitrogen and oxygen atoms in total. The predicted molar refractivity (Wildman–Crippen MR) is 115 cm³/mol. The highest BCUT2D eigenvalue weighted by Gasteiger charge is 2.50. The van der Waals surface area contributed by atoms with E-state index in [1.807, 2.05) is 6.92 Å². The minimum absolute atomic E-state index is 0.173. The van der Waals surface area contributed by atoms with Crippen molar-refractivity contribution in [3.8, 4) is 0 Å². The van der Waals surface area contributed by atoms with Crippen LogP contribution in [0.3, 0.4) is 0 Å². The van der Waals surface area contributed by atoms with E-state index in [9.17, 15) is 15.3 Å². The predicted octanol–water partition coefficient (Wildman–Crippen LogP) is 5.15. The highest BCUT2D eigenvalue weighted by molar-refractivity contribution is 5.26. The molecule has 0 aromatic carbocycles. The maximum absolute atomic E-state index is 9.94. The topological polar surface area (TPSA) is 60.7 Å². The van der Waals surface area contributed by atoms with Gasteiger partial charge >= 0.3 is 0 Å². The van der Waals surface area contributed by atoms with E-state index >= 15 is 0 Å². The summed E-state index contributed by atoms with van der Waals surface area (Å²) in [6.45, 7) is 6.87. The number of hydrogen-bond donors (Lipinski definition) is 3. The van der Waals surface area contributed by atoms with Crippen molar-refractivity contribution in [1.29, 1.82) is 0 Å². The Labute approximate surface area is 171 Å². The molecule has 0 heterocycles. The smallest absolute Gasteiger partial charge is 0.0602 e. The summed E-state index contributed by atoms with van der Waals surface area (Å²) in [5.74, 6) is 2.22. The van der Waals surface area contributed by atoms with Crippen LogP contribution < -0.4 is 0 Å². The number of aliphatic hydroxyl groups is 3. The molecule has 0 saturated heterocycles. The van der Waals surface area contributed by atoms with Crippen LogP contribution in [0.25, 0.3) is 0 Å². The van der Waals surface area contributed by atoms with Gasteiger partial charge in [-0.05, 0) is 87.9 Å². The molecule has 0 aliphatic heterocycles. The molecule has 0 spiro atoms. The Morgan fingerprint density at radius 2 is 1.79 bits per heavy atom. The lowest BCUT2D eigenvalue weighted by Gasteiger charge is -2.44. The molecule has 3 N–H and O–H groups in total. The van der Waals surface area contributed by atoms with Gasteiger partial charge in [0.05, 0.1) is 18.3 Å². The summed E-state index contributed by atoms with van der Waals surface area (Å²) in [5, 5.41) is 29.4. The number of aliphatic hydroxyl groups excluding tert-OH is 3. The molecule has 3 saturated carbocycles. The normalized spacial score (nSPS) is 39.6. The zero-order valence-corrected chi connectivity index (χ0v) is 18.2. The fourth-order valence-electron chi connectivity index (χ4n) is 6.68. The van der Waals surface area contributed by atoms with Gasteiger partial charge < -0.3 is 15.3 Å². The van der Waals surface area contributed by atoms with Gasteiger partial charge in [0.15, 0.2) is 0 Å². The fourth-order valence-corrected chi connectivity index (χ4v) is 6.68. The van der Waals surface area contributed by atoms with E-state index in [0.29, 0.717) is 30.6 Å². The van der Waals surface area contributed by atoms with Gasteiger partial charge in [0.2, 0.25) is 0 Å². The summed E-state index contributed by atoms with van der Waals surface area (Å²) in [4.78, 5) is 0. The zero-order chi connectivity index (χ0) is 20.3. The lowest BCUT2D eigenvalue weighted by atomic mass is 9.60. The highest BCUT2D eigenvalue weighted by atomic mass is 16.3. The molecule has 28 heavy (non-hydrogen) atoms. The molecule has 0 unspecified atom stereocenters. The molecule has 3 aliphatic rings. The van der Waals surface area contributed by atoms with Crippen molar-refractivity contribution in [3.05, 3.63) is 23.3 Å². The van der Waals surface area contributed by atoms with Crippen LogP contribution in [0.15, 0.2) is 23.3 Å².